The minimum atomic E-state index is -0.471. The summed E-state index contributed by atoms with van der Waals surface area (Å²) < 4.78 is 11.1. The maximum atomic E-state index is 10.7. The van der Waals surface area contributed by atoms with Gasteiger partial charge in [0.15, 0.2) is 11.5 Å². The van der Waals surface area contributed by atoms with Crippen molar-refractivity contribution < 1.29 is 14.4 Å². The van der Waals surface area contributed by atoms with Crippen LogP contribution in [0.1, 0.15) is 30.9 Å². The average Bonchev–Trinajstić information content (AvgIpc) is 2.67. The van der Waals surface area contributed by atoms with Gasteiger partial charge in [0.2, 0.25) is 0 Å². The van der Waals surface area contributed by atoms with Crippen LogP contribution in [0, 0.1) is 21.4 Å². The van der Waals surface area contributed by atoms with Crippen LogP contribution in [0.5, 0.6) is 11.5 Å². The van der Waals surface area contributed by atoms with E-state index in [9.17, 15) is 15.4 Å². The molecule has 6 nitrogen and oxygen atoms in total. The number of non-ortho nitro benzene ring substituents is 1. The quantitative estimate of drug-likeness (QED) is 0.223. The van der Waals surface area contributed by atoms with E-state index in [1.165, 1.54) is 12.1 Å². The normalized spacial score (nSPS) is 10.9. The third kappa shape index (κ3) is 4.84. The molecule has 0 fully saturated rings. The maximum Gasteiger partial charge on any atom is 0.269 e. The monoisotopic (exact) mass is 352 g/mol. The predicted molar refractivity (Wildman–Crippen MR) is 100.0 cm³/mol. The van der Waals surface area contributed by atoms with E-state index in [0.717, 1.165) is 18.4 Å². The van der Waals surface area contributed by atoms with Crippen LogP contribution >= 0.6 is 0 Å². The fourth-order valence-electron chi connectivity index (χ4n) is 2.33. The zero-order chi connectivity index (χ0) is 18.9. The number of ether oxygens (including phenoxy) is 2. The Morgan fingerprint density at radius 2 is 1.96 bits per heavy atom. The molecule has 0 saturated carbocycles. The van der Waals surface area contributed by atoms with E-state index in [1.807, 2.05) is 12.1 Å². The Morgan fingerprint density at radius 1 is 1.23 bits per heavy atom. The van der Waals surface area contributed by atoms with Gasteiger partial charge in [0.05, 0.1) is 30.3 Å². The van der Waals surface area contributed by atoms with Crippen molar-refractivity contribution in [2.45, 2.75) is 19.8 Å². The molecule has 0 spiro atoms. The number of allylic oxidation sites excluding steroid dienone is 1. The third-order valence-corrected chi connectivity index (χ3v) is 3.76. The Kier molecular flexibility index (Phi) is 6.75. The van der Waals surface area contributed by atoms with Gasteiger partial charge < -0.3 is 9.47 Å². The van der Waals surface area contributed by atoms with Crippen LogP contribution in [0.2, 0.25) is 0 Å². The number of rotatable bonds is 8. The fourth-order valence-corrected chi connectivity index (χ4v) is 2.33. The van der Waals surface area contributed by atoms with Crippen LogP contribution in [0.3, 0.4) is 0 Å². The minimum absolute atomic E-state index is 0.0127. The highest BCUT2D eigenvalue weighted by Crippen LogP contribution is 2.30. The van der Waals surface area contributed by atoms with Gasteiger partial charge in [0.1, 0.15) is 0 Å². The molecule has 6 heteroatoms. The van der Waals surface area contributed by atoms with E-state index in [1.54, 1.807) is 31.4 Å². The van der Waals surface area contributed by atoms with Gasteiger partial charge in [-0.15, -0.1) is 0 Å². The topological polar surface area (TPSA) is 85.4 Å². The number of nitro groups is 1. The molecule has 0 aliphatic heterocycles. The second-order valence-corrected chi connectivity index (χ2v) is 5.59. The molecule has 0 N–H and O–H groups in total. The van der Waals surface area contributed by atoms with Crippen molar-refractivity contribution in [1.29, 1.82) is 5.26 Å². The Balaban J connectivity index is 2.27. The molecule has 0 aromatic heterocycles. The molecular formula is C20H20N2O4. The first-order valence-corrected chi connectivity index (χ1v) is 8.26. The number of hydrogen-bond acceptors (Lipinski definition) is 5. The first kappa shape index (κ1) is 19.0. The molecule has 0 atom stereocenters. The summed E-state index contributed by atoms with van der Waals surface area (Å²) in [6.45, 7) is 2.71. The van der Waals surface area contributed by atoms with Crippen molar-refractivity contribution in [1.82, 2.24) is 0 Å². The molecule has 0 aliphatic carbocycles. The Morgan fingerprint density at radius 3 is 2.54 bits per heavy atom. The van der Waals surface area contributed by atoms with Crippen molar-refractivity contribution in [3.8, 4) is 17.6 Å². The van der Waals surface area contributed by atoms with Gasteiger partial charge in [-0.3, -0.25) is 10.1 Å². The highest BCUT2D eigenvalue weighted by Gasteiger charge is 2.09. The van der Waals surface area contributed by atoms with Crippen LogP contribution in [0.25, 0.3) is 11.6 Å². The van der Waals surface area contributed by atoms with E-state index in [0.29, 0.717) is 29.2 Å². The minimum Gasteiger partial charge on any atom is -0.493 e. The molecule has 0 bridgehead atoms. The summed E-state index contributed by atoms with van der Waals surface area (Å²) in [7, 11) is 1.57. The van der Waals surface area contributed by atoms with E-state index >= 15 is 0 Å². The number of methoxy groups -OCH3 is 1. The summed E-state index contributed by atoms with van der Waals surface area (Å²) in [6, 6.07) is 13.5. The van der Waals surface area contributed by atoms with Gasteiger partial charge in [-0.25, -0.2) is 0 Å². The largest absolute Gasteiger partial charge is 0.493 e. The van der Waals surface area contributed by atoms with Gasteiger partial charge in [-0.2, -0.15) is 5.26 Å². The lowest BCUT2D eigenvalue weighted by molar-refractivity contribution is -0.384. The highest BCUT2D eigenvalue weighted by molar-refractivity contribution is 5.90. The number of nitro benzene ring substituents is 1. The first-order valence-electron chi connectivity index (χ1n) is 8.26. The fraction of sp³-hybridized carbons (Fsp3) is 0.250. The molecule has 0 heterocycles. The molecular weight excluding hydrogens is 332 g/mol. The average molecular weight is 352 g/mol. The summed E-state index contributed by atoms with van der Waals surface area (Å²) in [4.78, 5) is 10.3. The molecule has 0 unspecified atom stereocenters. The number of hydrogen-bond donors (Lipinski definition) is 0. The van der Waals surface area contributed by atoms with Crippen LogP contribution in [-0.2, 0) is 0 Å². The predicted octanol–water partition coefficient (Wildman–Crippen LogP) is 4.85. The molecule has 2 aromatic carbocycles. The highest BCUT2D eigenvalue weighted by atomic mass is 16.6. The summed E-state index contributed by atoms with van der Waals surface area (Å²) in [5.74, 6) is 1.25. The second-order valence-electron chi connectivity index (χ2n) is 5.59. The molecule has 26 heavy (non-hydrogen) atoms. The van der Waals surface area contributed by atoms with Gasteiger partial charge in [-0.1, -0.05) is 19.4 Å². The van der Waals surface area contributed by atoms with Crippen molar-refractivity contribution in [3.05, 3.63) is 63.7 Å². The Labute approximate surface area is 152 Å². The van der Waals surface area contributed by atoms with E-state index in [4.69, 9.17) is 9.47 Å². The molecule has 134 valence electrons. The van der Waals surface area contributed by atoms with Gasteiger partial charge in [0, 0.05) is 12.1 Å². The standard InChI is InChI=1S/C20H20N2O4/c1-3-4-11-26-19-10-5-15(13-20(19)25-2)12-17(14-21)16-6-8-18(9-7-16)22(23)24/h5-10,12-13H,3-4,11H2,1-2H3/b17-12+. The number of benzene rings is 2. The van der Waals surface area contributed by atoms with Gasteiger partial charge >= 0.3 is 0 Å². The van der Waals surface area contributed by atoms with Crippen LogP contribution in [0.4, 0.5) is 5.69 Å². The zero-order valence-electron chi connectivity index (χ0n) is 14.8. The van der Waals surface area contributed by atoms with Crippen molar-refractivity contribution in [2.24, 2.45) is 0 Å². The summed E-state index contributed by atoms with van der Waals surface area (Å²) in [5.41, 5.74) is 1.78. The number of nitrogens with zero attached hydrogens (tertiary/aromatic N) is 2. The lowest BCUT2D eigenvalue weighted by atomic mass is 10.0. The molecule has 2 rings (SSSR count). The third-order valence-electron chi connectivity index (χ3n) is 3.76. The first-order chi connectivity index (χ1) is 12.6. The SMILES string of the molecule is CCCCOc1ccc(/C=C(\C#N)c2ccc([N+](=O)[O-])cc2)cc1OC. The smallest absolute Gasteiger partial charge is 0.269 e. The maximum absolute atomic E-state index is 10.7. The van der Waals surface area contributed by atoms with E-state index < -0.39 is 4.92 Å². The van der Waals surface area contributed by atoms with Crippen molar-refractivity contribution in [2.75, 3.05) is 13.7 Å². The lowest BCUT2D eigenvalue weighted by Crippen LogP contribution is -1.99. The van der Waals surface area contributed by atoms with Gasteiger partial charge in [-0.05, 0) is 47.9 Å². The van der Waals surface area contributed by atoms with Crippen molar-refractivity contribution in [3.63, 3.8) is 0 Å². The summed E-state index contributed by atoms with van der Waals surface area (Å²) in [5, 5.41) is 20.2. The van der Waals surface area contributed by atoms with E-state index in [2.05, 4.69) is 13.0 Å². The summed E-state index contributed by atoms with van der Waals surface area (Å²) in [6.07, 6.45) is 3.72. The molecule has 0 radical (unpaired) electrons. The van der Waals surface area contributed by atoms with E-state index in [-0.39, 0.29) is 5.69 Å². The van der Waals surface area contributed by atoms with Crippen LogP contribution in [0.15, 0.2) is 42.5 Å². The van der Waals surface area contributed by atoms with Crippen LogP contribution < -0.4 is 9.47 Å². The Hall–Kier alpha value is -3.33. The van der Waals surface area contributed by atoms with Crippen LogP contribution in [-0.4, -0.2) is 18.6 Å². The summed E-state index contributed by atoms with van der Waals surface area (Å²) >= 11 is 0. The number of unbranched alkanes of at least 4 members (excludes halogenated alkanes) is 1. The molecule has 0 aliphatic rings. The molecule has 0 saturated heterocycles. The lowest BCUT2D eigenvalue weighted by Gasteiger charge is -2.11. The second kappa shape index (κ2) is 9.23. The zero-order valence-corrected chi connectivity index (χ0v) is 14.8. The molecule has 0 amide bonds. The Bertz CT molecular complexity index is 836. The number of nitriles is 1. The van der Waals surface area contributed by atoms with Gasteiger partial charge in [0.25, 0.3) is 5.69 Å². The molecule has 2 aromatic rings. The van der Waals surface area contributed by atoms with Crippen molar-refractivity contribution >= 4 is 17.3 Å².